The van der Waals surface area contributed by atoms with Crippen LogP contribution in [0.15, 0.2) is 45.6 Å². The van der Waals surface area contributed by atoms with E-state index in [4.69, 9.17) is 20.8 Å². The standard InChI is InChI=1S/C23H24ClNO4/c1-13-10-25(11-14(2)28-13)12-18-20(26)9-8-17-22(27)21(15(3)29-23(17)18)16-6-4-5-7-19(16)24/h4-9,13-14,26H,10-12H2,1-3H3/t13-,14-/m1/s1. The Balaban J connectivity index is 1.84. The summed E-state index contributed by atoms with van der Waals surface area (Å²) in [4.78, 5) is 15.5. The Morgan fingerprint density at radius 3 is 2.52 bits per heavy atom. The Hall–Kier alpha value is -2.34. The van der Waals surface area contributed by atoms with Gasteiger partial charge in [0.2, 0.25) is 5.43 Å². The van der Waals surface area contributed by atoms with Crippen molar-refractivity contribution in [3.05, 3.63) is 63.0 Å². The molecule has 2 atom stereocenters. The molecule has 1 aromatic heterocycles. The summed E-state index contributed by atoms with van der Waals surface area (Å²) in [5.41, 5.74) is 1.99. The van der Waals surface area contributed by atoms with E-state index < -0.39 is 0 Å². The molecule has 152 valence electrons. The van der Waals surface area contributed by atoms with Crippen molar-refractivity contribution in [3.8, 4) is 16.9 Å². The Kier molecular flexibility index (Phi) is 5.38. The Bertz CT molecular complexity index is 1110. The molecule has 0 spiro atoms. The number of aromatic hydroxyl groups is 1. The number of phenolic OH excluding ortho intramolecular Hbond substituents is 1. The zero-order chi connectivity index (χ0) is 20.7. The lowest BCUT2D eigenvalue weighted by molar-refractivity contribution is -0.0705. The summed E-state index contributed by atoms with van der Waals surface area (Å²) < 4.78 is 11.9. The molecular formula is C23H24ClNO4. The van der Waals surface area contributed by atoms with E-state index in [0.717, 1.165) is 13.1 Å². The summed E-state index contributed by atoms with van der Waals surface area (Å²) in [5, 5.41) is 11.5. The molecule has 0 unspecified atom stereocenters. The SMILES string of the molecule is Cc1oc2c(CN3C[C@@H](C)O[C@H](C)C3)c(O)ccc2c(=O)c1-c1ccccc1Cl. The maximum Gasteiger partial charge on any atom is 0.200 e. The highest BCUT2D eigenvalue weighted by Gasteiger charge is 2.25. The van der Waals surface area contributed by atoms with E-state index >= 15 is 0 Å². The molecule has 6 heteroatoms. The van der Waals surface area contributed by atoms with Crippen LogP contribution in [0.4, 0.5) is 0 Å². The minimum absolute atomic E-state index is 0.108. The van der Waals surface area contributed by atoms with E-state index in [0.29, 0.717) is 45.0 Å². The molecule has 1 saturated heterocycles. The fourth-order valence-corrected chi connectivity index (χ4v) is 4.41. The highest BCUT2D eigenvalue weighted by molar-refractivity contribution is 6.33. The minimum atomic E-state index is -0.151. The second-order valence-electron chi connectivity index (χ2n) is 7.73. The third-order valence-electron chi connectivity index (χ3n) is 5.33. The molecule has 1 N–H and O–H groups in total. The lowest BCUT2D eigenvalue weighted by atomic mass is 10.0. The predicted octanol–water partition coefficient (Wildman–Crippen LogP) is 4.74. The molecular weight excluding hydrogens is 390 g/mol. The zero-order valence-corrected chi connectivity index (χ0v) is 17.5. The average Bonchev–Trinajstić information content (AvgIpc) is 2.65. The normalized spacial score (nSPS) is 20.3. The summed E-state index contributed by atoms with van der Waals surface area (Å²) in [6.45, 7) is 7.81. The lowest BCUT2D eigenvalue weighted by Gasteiger charge is -2.35. The van der Waals surface area contributed by atoms with Gasteiger partial charge in [0.1, 0.15) is 17.1 Å². The van der Waals surface area contributed by atoms with E-state index in [2.05, 4.69) is 4.90 Å². The molecule has 0 amide bonds. The minimum Gasteiger partial charge on any atom is -0.507 e. The van der Waals surface area contributed by atoms with Gasteiger partial charge in [-0.15, -0.1) is 0 Å². The number of benzene rings is 2. The fourth-order valence-electron chi connectivity index (χ4n) is 4.18. The summed E-state index contributed by atoms with van der Waals surface area (Å²) in [6, 6.07) is 10.4. The number of phenols is 1. The van der Waals surface area contributed by atoms with Gasteiger partial charge in [0.25, 0.3) is 0 Å². The van der Waals surface area contributed by atoms with Crippen LogP contribution >= 0.6 is 11.6 Å². The summed E-state index contributed by atoms with van der Waals surface area (Å²) in [6.07, 6.45) is 0.216. The second kappa shape index (κ2) is 7.82. The third-order valence-corrected chi connectivity index (χ3v) is 5.66. The van der Waals surface area contributed by atoms with Crippen molar-refractivity contribution in [1.29, 1.82) is 0 Å². The molecule has 0 bridgehead atoms. The third kappa shape index (κ3) is 3.78. The van der Waals surface area contributed by atoms with Gasteiger partial charge in [-0.2, -0.15) is 0 Å². The number of hydrogen-bond donors (Lipinski definition) is 1. The number of halogens is 1. The molecule has 4 rings (SSSR count). The number of rotatable bonds is 3. The fraction of sp³-hybridized carbons (Fsp3) is 0.348. The molecule has 1 fully saturated rings. The van der Waals surface area contributed by atoms with Crippen LogP contribution in [0.1, 0.15) is 25.2 Å². The Labute approximate surface area is 174 Å². The Morgan fingerprint density at radius 1 is 1.14 bits per heavy atom. The molecule has 3 aromatic rings. The summed E-state index contributed by atoms with van der Waals surface area (Å²) in [7, 11) is 0. The van der Waals surface area contributed by atoms with Crippen LogP contribution in [-0.2, 0) is 11.3 Å². The van der Waals surface area contributed by atoms with Crippen LogP contribution < -0.4 is 5.43 Å². The van der Waals surface area contributed by atoms with Crippen molar-refractivity contribution >= 4 is 22.6 Å². The van der Waals surface area contributed by atoms with Gasteiger partial charge in [-0.1, -0.05) is 29.8 Å². The van der Waals surface area contributed by atoms with Crippen LogP contribution in [-0.4, -0.2) is 35.3 Å². The molecule has 5 nitrogen and oxygen atoms in total. The first-order valence-corrected chi connectivity index (χ1v) is 10.1. The number of nitrogens with zero attached hydrogens (tertiary/aromatic N) is 1. The summed E-state index contributed by atoms with van der Waals surface area (Å²) in [5.74, 6) is 0.600. The maximum absolute atomic E-state index is 13.3. The van der Waals surface area contributed by atoms with Gasteiger partial charge in [-0.05, 0) is 39.0 Å². The quantitative estimate of drug-likeness (QED) is 0.672. The van der Waals surface area contributed by atoms with Crippen LogP contribution in [0.5, 0.6) is 5.75 Å². The van der Waals surface area contributed by atoms with Crippen LogP contribution in [0.2, 0.25) is 5.02 Å². The van der Waals surface area contributed by atoms with Crippen molar-refractivity contribution < 1.29 is 14.3 Å². The smallest absolute Gasteiger partial charge is 0.200 e. The lowest BCUT2D eigenvalue weighted by Crippen LogP contribution is -2.44. The average molecular weight is 414 g/mol. The molecule has 2 heterocycles. The topological polar surface area (TPSA) is 62.9 Å². The van der Waals surface area contributed by atoms with Crippen molar-refractivity contribution in [2.45, 2.75) is 39.5 Å². The monoisotopic (exact) mass is 413 g/mol. The second-order valence-corrected chi connectivity index (χ2v) is 8.14. The van der Waals surface area contributed by atoms with Crippen molar-refractivity contribution in [3.63, 3.8) is 0 Å². The van der Waals surface area contributed by atoms with Gasteiger partial charge in [-0.3, -0.25) is 9.69 Å². The van der Waals surface area contributed by atoms with Gasteiger partial charge < -0.3 is 14.3 Å². The number of ether oxygens (including phenoxy) is 1. The number of hydrogen-bond acceptors (Lipinski definition) is 5. The van der Waals surface area contributed by atoms with Gasteiger partial charge in [0.05, 0.1) is 28.7 Å². The maximum atomic E-state index is 13.3. The van der Waals surface area contributed by atoms with Crippen LogP contribution in [0.3, 0.4) is 0 Å². The molecule has 29 heavy (non-hydrogen) atoms. The first-order chi connectivity index (χ1) is 13.8. The first kappa shape index (κ1) is 20.0. The highest BCUT2D eigenvalue weighted by Crippen LogP contribution is 2.33. The van der Waals surface area contributed by atoms with Crippen molar-refractivity contribution in [1.82, 2.24) is 4.90 Å². The zero-order valence-electron chi connectivity index (χ0n) is 16.7. The highest BCUT2D eigenvalue weighted by atomic mass is 35.5. The Morgan fingerprint density at radius 2 is 1.83 bits per heavy atom. The number of aryl methyl sites for hydroxylation is 1. The van der Waals surface area contributed by atoms with E-state index in [-0.39, 0.29) is 23.4 Å². The molecule has 2 aromatic carbocycles. The predicted molar refractivity (Wildman–Crippen MR) is 115 cm³/mol. The van der Waals surface area contributed by atoms with E-state index in [1.54, 1.807) is 25.1 Å². The van der Waals surface area contributed by atoms with Gasteiger partial charge in [0.15, 0.2) is 0 Å². The van der Waals surface area contributed by atoms with Crippen molar-refractivity contribution in [2.75, 3.05) is 13.1 Å². The number of morpholine rings is 1. The molecule has 1 aliphatic heterocycles. The van der Waals surface area contributed by atoms with E-state index in [1.807, 2.05) is 32.0 Å². The summed E-state index contributed by atoms with van der Waals surface area (Å²) >= 11 is 6.33. The largest absolute Gasteiger partial charge is 0.507 e. The van der Waals surface area contributed by atoms with Crippen LogP contribution in [0, 0.1) is 6.92 Å². The van der Waals surface area contributed by atoms with Crippen molar-refractivity contribution in [2.24, 2.45) is 0 Å². The first-order valence-electron chi connectivity index (χ1n) is 9.76. The van der Waals surface area contributed by atoms with E-state index in [9.17, 15) is 9.90 Å². The molecule has 1 aliphatic rings. The molecule has 0 aliphatic carbocycles. The number of fused-ring (bicyclic) bond motifs is 1. The van der Waals surface area contributed by atoms with Gasteiger partial charge >= 0.3 is 0 Å². The van der Waals surface area contributed by atoms with Gasteiger partial charge in [-0.25, -0.2) is 0 Å². The van der Waals surface area contributed by atoms with Crippen LogP contribution in [0.25, 0.3) is 22.1 Å². The molecule has 0 saturated carbocycles. The molecule has 0 radical (unpaired) electrons. The van der Waals surface area contributed by atoms with E-state index in [1.165, 1.54) is 0 Å². The van der Waals surface area contributed by atoms with Gasteiger partial charge in [0, 0.05) is 30.2 Å².